The molecule has 2 aromatic rings. The van der Waals surface area contributed by atoms with Crippen molar-refractivity contribution in [1.29, 1.82) is 0 Å². The lowest BCUT2D eigenvalue weighted by Crippen LogP contribution is -2.78. The average molecular weight is 325 g/mol. The molecule has 4 nitrogen and oxygen atoms in total. The van der Waals surface area contributed by atoms with Gasteiger partial charge in [0, 0.05) is 47.9 Å². The summed E-state index contributed by atoms with van der Waals surface area (Å²) in [7, 11) is 0. The van der Waals surface area contributed by atoms with Gasteiger partial charge in [0.1, 0.15) is 0 Å². The maximum absolute atomic E-state index is 12.7. The summed E-state index contributed by atoms with van der Waals surface area (Å²) in [5, 5.41) is 2.09. The van der Waals surface area contributed by atoms with Crippen molar-refractivity contribution in [3.8, 4) is 0 Å². The van der Waals surface area contributed by atoms with Crippen LogP contribution >= 0.6 is 11.5 Å². The molecule has 3 heterocycles. The van der Waals surface area contributed by atoms with Crippen molar-refractivity contribution in [2.24, 2.45) is 0 Å². The molecule has 2 bridgehead atoms. The molecule has 1 saturated heterocycles. The number of aromatic nitrogens is 2. The van der Waals surface area contributed by atoms with Gasteiger partial charge in [0.25, 0.3) is 0 Å². The largest absolute Gasteiger partial charge is 0.337 e. The van der Waals surface area contributed by atoms with Gasteiger partial charge in [-0.05, 0) is 66.4 Å². The second kappa shape index (κ2) is 4.63. The van der Waals surface area contributed by atoms with Crippen LogP contribution in [0.4, 0.5) is 0 Å². The minimum atomic E-state index is 0.165. The van der Waals surface area contributed by atoms with Gasteiger partial charge in [-0.2, -0.15) is 0 Å². The summed E-state index contributed by atoms with van der Waals surface area (Å²) in [6, 6.07) is 4.28. The third-order valence-corrected chi connectivity index (χ3v) is 6.82. The molecule has 5 heteroatoms. The van der Waals surface area contributed by atoms with Crippen molar-refractivity contribution in [2.45, 2.75) is 49.0 Å². The lowest BCUT2D eigenvalue weighted by Gasteiger charge is -2.74. The zero-order valence-electron chi connectivity index (χ0n) is 12.9. The van der Waals surface area contributed by atoms with E-state index in [2.05, 4.69) is 31.8 Å². The number of nitrogens with zero attached hydrogens (tertiary/aromatic N) is 3. The standard InChI is InChI=1S/C18H19N3OS/c22-16-7-13(14-8-20-23-9-14)3-6-21(16)18-10-17(11-18,12-18)15-1-4-19-5-2-15/h1-2,4-5,8-9,13H,3,6-7,10-12H2. The Morgan fingerprint density at radius 1 is 1.22 bits per heavy atom. The highest BCUT2D eigenvalue weighted by Crippen LogP contribution is 2.70. The van der Waals surface area contributed by atoms with Gasteiger partial charge in [0.15, 0.2) is 0 Å². The molecule has 1 unspecified atom stereocenters. The number of carbonyl (C=O) groups excluding carboxylic acids is 1. The van der Waals surface area contributed by atoms with Gasteiger partial charge in [-0.3, -0.25) is 9.78 Å². The van der Waals surface area contributed by atoms with Crippen LogP contribution in [0.5, 0.6) is 0 Å². The van der Waals surface area contributed by atoms with E-state index in [0.717, 1.165) is 32.2 Å². The highest BCUT2D eigenvalue weighted by molar-refractivity contribution is 7.03. The molecular weight excluding hydrogens is 306 g/mol. The van der Waals surface area contributed by atoms with Crippen LogP contribution in [-0.2, 0) is 10.2 Å². The van der Waals surface area contributed by atoms with E-state index >= 15 is 0 Å². The summed E-state index contributed by atoms with van der Waals surface area (Å²) < 4.78 is 4.18. The highest BCUT2D eigenvalue weighted by Gasteiger charge is 2.71. The molecule has 1 aliphatic heterocycles. The van der Waals surface area contributed by atoms with E-state index in [0.29, 0.717) is 23.7 Å². The topological polar surface area (TPSA) is 46.1 Å². The smallest absolute Gasteiger partial charge is 0.223 e. The summed E-state index contributed by atoms with van der Waals surface area (Å²) in [6.07, 6.45) is 10.8. The SMILES string of the molecule is O=C1CC(c2cnsc2)CCN1C12CC(c3ccncc3)(C1)C2. The lowest BCUT2D eigenvalue weighted by molar-refractivity contribution is -0.189. The number of carbonyl (C=O) groups is 1. The summed E-state index contributed by atoms with van der Waals surface area (Å²) in [5.74, 6) is 0.717. The minimum Gasteiger partial charge on any atom is -0.337 e. The molecule has 6 rings (SSSR count). The Labute approximate surface area is 139 Å². The number of amides is 1. The quantitative estimate of drug-likeness (QED) is 0.871. The second-order valence-corrected chi connectivity index (χ2v) is 8.12. The molecule has 1 amide bonds. The van der Waals surface area contributed by atoms with E-state index in [9.17, 15) is 4.79 Å². The van der Waals surface area contributed by atoms with Crippen molar-refractivity contribution in [3.63, 3.8) is 0 Å². The predicted molar refractivity (Wildman–Crippen MR) is 88.3 cm³/mol. The summed E-state index contributed by atoms with van der Waals surface area (Å²) in [6.45, 7) is 0.909. The van der Waals surface area contributed by atoms with Crippen molar-refractivity contribution in [1.82, 2.24) is 14.3 Å². The van der Waals surface area contributed by atoms with Crippen LogP contribution in [0.1, 0.15) is 49.1 Å². The van der Waals surface area contributed by atoms with Crippen LogP contribution in [0, 0.1) is 0 Å². The molecule has 3 aliphatic carbocycles. The Morgan fingerprint density at radius 2 is 2.00 bits per heavy atom. The third-order valence-electron chi connectivity index (χ3n) is 6.21. The van der Waals surface area contributed by atoms with Gasteiger partial charge in [-0.15, -0.1) is 0 Å². The first kappa shape index (κ1) is 13.7. The van der Waals surface area contributed by atoms with Gasteiger partial charge in [-0.25, -0.2) is 4.37 Å². The van der Waals surface area contributed by atoms with Crippen LogP contribution in [0.25, 0.3) is 0 Å². The first-order chi connectivity index (χ1) is 11.2. The summed E-state index contributed by atoms with van der Waals surface area (Å²) >= 11 is 1.48. The van der Waals surface area contributed by atoms with Crippen LogP contribution in [-0.4, -0.2) is 32.2 Å². The molecule has 4 aliphatic rings. The molecule has 0 spiro atoms. The first-order valence-electron chi connectivity index (χ1n) is 8.31. The fraction of sp³-hybridized carbons (Fsp3) is 0.500. The summed E-state index contributed by atoms with van der Waals surface area (Å²) in [5.41, 5.74) is 3.14. The van der Waals surface area contributed by atoms with E-state index < -0.39 is 0 Å². The monoisotopic (exact) mass is 325 g/mol. The zero-order valence-corrected chi connectivity index (χ0v) is 13.8. The molecular formula is C18H19N3OS. The Kier molecular flexibility index (Phi) is 2.75. The zero-order chi connectivity index (χ0) is 15.5. The van der Waals surface area contributed by atoms with E-state index in [-0.39, 0.29) is 5.54 Å². The van der Waals surface area contributed by atoms with Gasteiger partial charge in [0.05, 0.1) is 0 Å². The van der Waals surface area contributed by atoms with E-state index in [1.165, 1.54) is 22.7 Å². The van der Waals surface area contributed by atoms with Crippen LogP contribution in [0.15, 0.2) is 36.1 Å². The minimum absolute atomic E-state index is 0.165. The predicted octanol–water partition coefficient (Wildman–Crippen LogP) is 3.12. The average Bonchev–Trinajstić information content (AvgIpc) is 3.01. The second-order valence-electron chi connectivity index (χ2n) is 7.46. The van der Waals surface area contributed by atoms with Gasteiger partial charge in [-0.1, -0.05) is 0 Å². The summed E-state index contributed by atoms with van der Waals surface area (Å²) in [4.78, 5) is 19.0. The van der Waals surface area contributed by atoms with E-state index in [4.69, 9.17) is 0 Å². The molecule has 3 saturated carbocycles. The van der Waals surface area contributed by atoms with E-state index in [1.54, 1.807) is 0 Å². The number of piperidine rings is 1. The molecule has 2 aromatic heterocycles. The number of hydrogen-bond acceptors (Lipinski definition) is 4. The number of hydrogen-bond donors (Lipinski definition) is 0. The Hall–Kier alpha value is -1.75. The molecule has 23 heavy (non-hydrogen) atoms. The number of likely N-dealkylation sites (tertiary alicyclic amines) is 1. The molecule has 118 valence electrons. The first-order valence-corrected chi connectivity index (χ1v) is 9.15. The Balaban J connectivity index is 1.28. The van der Waals surface area contributed by atoms with Crippen molar-refractivity contribution in [2.75, 3.05) is 6.54 Å². The molecule has 0 radical (unpaired) electrons. The molecule has 1 atom stereocenters. The number of rotatable bonds is 3. The maximum Gasteiger partial charge on any atom is 0.223 e. The molecule has 0 N–H and O–H groups in total. The maximum atomic E-state index is 12.7. The van der Waals surface area contributed by atoms with E-state index in [1.807, 2.05) is 18.6 Å². The Morgan fingerprint density at radius 3 is 2.65 bits per heavy atom. The fourth-order valence-corrected chi connectivity index (χ4v) is 5.68. The van der Waals surface area contributed by atoms with Gasteiger partial charge >= 0.3 is 0 Å². The number of pyridine rings is 1. The van der Waals surface area contributed by atoms with Crippen LogP contribution in [0.3, 0.4) is 0 Å². The third kappa shape index (κ3) is 1.86. The van der Waals surface area contributed by atoms with Crippen LogP contribution < -0.4 is 0 Å². The van der Waals surface area contributed by atoms with Crippen molar-refractivity contribution < 1.29 is 4.79 Å². The Bertz CT molecular complexity index is 723. The van der Waals surface area contributed by atoms with Crippen LogP contribution in [0.2, 0.25) is 0 Å². The van der Waals surface area contributed by atoms with Gasteiger partial charge < -0.3 is 4.90 Å². The van der Waals surface area contributed by atoms with Gasteiger partial charge in [0.2, 0.25) is 5.91 Å². The lowest BCUT2D eigenvalue weighted by atomic mass is 9.37. The van der Waals surface area contributed by atoms with Crippen molar-refractivity contribution in [3.05, 3.63) is 47.2 Å². The molecule has 4 fully saturated rings. The fourth-order valence-electron chi connectivity index (χ4n) is 5.07. The normalized spacial score (nSPS) is 35.6. The molecule has 0 aromatic carbocycles. The highest BCUT2D eigenvalue weighted by atomic mass is 32.1. The van der Waals surface area contributed by atoms with Crippen molar-refractivity contribution >= 4 is 17.4 Å².